The summed E-state index contributed by atoms with van der Waals surface area (Å²) in [6.45, 7) is 0. The van der Waals surface area contributed by atoms with E-state index < -0.39 is 17.1 Å². The first-order chi connectivity index (χ1) is 25.8. The summed E-state index contributed by atoms with van der Waals surface area (Å²) in [6.07, 6.45) is 1.53. The van der Waals surface area contributed by atoms with Gasteiger partial charge in [0.1, 0.15) is 10.9 Å². The molecule has 9 nitrogen and oxygen atoms in total. The van der Waals surface area contributed by atoms with E-state index in [1.807, 2.05) is 53.9 Å². The Labute approximate surface area is 320 Å². The standard InChI is InChI=1S/C41H33ClN4O5S2/c1-50-35-18-9-15-29(36(35)51-2)23-33(44-38(47)28-13-7-4-8-14-28)39(48)43-31-16-10-17-32(24-31)53-37(27-11-5-3-6-12-27)40(49)46-41-45-34(25-52-41)26-19-21-30(42)22-20-26/h3-25,37H,1-2H3,(H,43,48)(H,44,47)(H,45,46,49)/b33-23+. The highest BCUT2D eigenvalue weighted by Crippen LogP contribution is 2.38. The lowest BCUT2D eigenvalue weighted by molar-refractivity contribution is -0.116. The number of carbonyl (C=O) groups is 3. The molecule has 12 heteroatoms. The molecule has 0 aliphatic carbocycles. The number of para-hydroxylation sites is 1. The second kappa shape index (κ2) is 17.6. The maximum atomic E-state index is 13.9. The van der Waals surface area contributed by atoms with Crippen LogP contribution in [0.5, 0.6) is 11.5 Å². The Morgan fingerprint density at radius 2 is 1.53 bits per heavy atom. The molecule has 1 atom stereocenters. The predicted octanol–water partition coefficient (Wildman–Crippen LogP) is 9.36. The van der Waals surface area contributed by atoms with E-state index in [9.17, 15) is 14.4 Å². The summed E-state index contributed by atoms with van der Waals surface area (Å²) in [5.74, 6) is -0.422. The lowest BCUT2D eigenvalue weighted by atomic mass is 10.1. The summed E-state index contributed by atoms with van der Waals surface area (Å²) in [5.41, 5.74) is 3.74. The molecule has 1 unspecified atom stereocenters. The number of nitrogens with one attached hydrogen (secondary N) is 3. The van der Waals surface area contributed by atoms with E-state index in [1.54, 1.807) is 78.9 Å². The molecule has 53 heavy (non-hydrogen) atoms. The lowest BCUT2D eigenvalue weighted by Gasteiger charge is -2.17. The minimum Gasteiger partial charge on any atom is -0.493 e. The SMILES string of the molecule is COc1cccc(/C=C(/NC(=O)c2ccccc2)C(=O)Nc2cccc(SC(C(=O)Nc3nc(-c4ccc(Cl)cc4)cs3)c3ccccc3)c2)c1OC. The van der Waals surface area contributed by atoms with Crippen LogP contribution in [0.25, 0.3) is 17.3 Å². The van der Waals surface area contributed by atoms with Gasteiger partial charge in [-0.1, -0.05) is 90.5 Å². The highest BCUT2D eigenvalue weighted by Gasteiger charge is 2.24. The average Bonchev–Trinajstić information content (AvgIpc) is 3.65. The number of rotatable bonds is 13. The fourth-order valence-corrected chi connectivity index (χ4v) is 7.19. The van der Waals surface area contributed by atoms with Crippen LogP contribution in [-0.2, 0) is 9.59 Å². The topological polar surface area (TPSA) is 119 Å². The van der Waals surface area contributed by atoms with Crippen molar-refractivity contribution in [1.29, 1.82) is 0 Å². The van der Waals surface area contributed by atoms with E-state index >= 15 is 0 Å². The highest BCUT2D eigenvalue weighted by atomic mass is 35.5. The first kappa shape index (κ1) is 36.9. The first-order valence-corrected chi connectivity index (χ1v) is 18.4. The van der Waals surface area contributed by atoms with Crippen LogP contribution in [0, 0.1) is 0 Å². The van der Waals surface area contributed by atoms with E-state index in [2.05, 4.69) is 20.9 Å². The summed E-state index contributed by atoms with van der Waals surface area (Å²) in [7, 11) is 3.02. The zero-order valence-corrected chi connectivity index (χ0v) is 30.9. The third kappa shape index (κ3) is 9.52. The summed E-state index contributed by atoms with van der Waals surface area (Å²) in [5, 5.41) is 11.0. The van der Waals surface area contributed by atoms with Crippen molar-refractivity contribution >= 4 is 69.3 Å². The Bertz CT molecular complexity index is 2250. The van der Waals surface area contributed by atoms with Gasteiger partial charge in [-0.05, 0) is 60.2 Å². The molecule has 0 saturated carbocycles. The van der Waals surface area contributed by atoms with Crippen molar-refractivity contribution in [3.05, 3.63) is 160 Å². The first-order valence-electron chi connectivity index (χ1n) is 16.3. The Hall–Kier alpha value is -5.88. The van der Waals surface area contributed by atoms with E-state index in [0.29, 0.717) is 38.5 Å². The van der Waals surface area contributed by atoms with Crippen molar-refractivity contribution in [2.24, 2.45) is 0 Å². The van der Waals surface area contributed by atoms with Gasteiger partial charge in [-0.15, -0.1) is 23.1 Å². The van der Waals surface area contributed by atoms with Crippen molar-refractivity contribution in [1.82, 2.24) is 10.3 Å². The van der Waals surface area contributed by atoms with Crippen LogP contribution >= 0.6 is 34.7 Å². The van der Waals surface area contributed by atoms with Gasteiger partial charge in [-0.25, -0.2) is 4.98 Å². The van der Waals surface area contributed by atoms with Crippen LogP contribution in [0.4, 0.5) is 10.8 Å². The number of hydrogen-bond acceptors (Lipinski definition) is 8. The molecule has 0 aliphatic rings. The minimum atomic E-state index is -0.647. The van der Waals surface area contributed by atoms with Crippen LogP contribution in [0.1, 0.15) is 26.7 Å². The third-order valence-corrected chi connectivity index (χ3v) is 10.1. The zero-order valence-electron chi connectivity index (χ0n) is 28.5. The molecule has 0 aliphatic heterocycles. The Morgan fingerprint density at radius 3 is 2.25 bits per heavy atom. The highest BCUT2D eigenvalue weighted by molar-refractivity contribution is 8.00. The summed E-state index contributed by atoms with van der Waals surface area (Å²) >= 11 is 8.71. The predicted molar refractivity (Wildman–Crippen MR) is 213 cm³/mol. The van der Waals surface area contributed by atoms with Crippen molar-refractivity contribution in [2.75, 3.05) is 24.9 Å². The van der Waals surface area contributed by atoms with Crippen molar-refractivity contribution < 1.29 is 23.9 Å². The van der Waals surface area contributed by atoms with E-state index in [0.717, 1.165) is 21.7 Å². The Kier molecular flexibility index (Phi) is 12.2. The van der Waals surface area contributed by atoms with Crippen molar-refractivity contribution in [3.63, 3.8) is 0 Å². The molecule has 266 valence electrons. The number of ether oxygens (including phenoxy) is 2. The normalized spacial score (nSPS) is 11.6. The maximum absolute atomic E-state index is 13.9. The Morgan fingerprint density at radius 1 is 0.811 bits per heavy atom. The molecule has 6 rings (SSSR count). The number of benzene rings is 5. The summed E-state index contributed by atoms with van der Waals surface area (Å²) in [6, 6.07) is 37.8. The molecule has 0 radical (unpaired) electrons. The molecule has 1 aromatic heterocycles. The molecule has 3 N–H and O–H groups in total. The second-order valence-electron chi connectivity index (χ2n) is 11.4. The van der Waals surface area contributed by atoms with Crippen molar-refractivity contribution in [2.45, 2.75) is 10.1 Å². The van der Waals surface area contributed by atoms with Crippen molar-refractivity contribution in [3.8, 4) is 22.8 Å². The van der Waals surface area contributed by atoms with Gasteiger partial charge in [-0.3, -0.25) is 14.4 Å². The fraction of sp³-hybridized carbons (Fsp3) is 0.0732. The molecule has 6 aromatic rings. The van der Waals surface area contributed by atoms with Gasteiger partial charge in [0.15, 0.2) is 16.6 Å². The molecule has 5 aromatic carbocycles. The van der Waals surface area contributed by atoms with E-state index in [1.165, 1.54) is 43.4 Å². The molecule has 3 amide bonds. The number of thiazole rings is 1. The quantitative estimate of drug-likeness (QED) is 0.0793. The van der Waals surface area contributed by atoms with Crippen LogP contribution in [-0.4, -0.2) is 36.9 Å². The van der Waals surface area contributed by atoms with Gasteiger partial charge < -0.3 is 25.4 Å². The van der Waals surface area contributed by atoms with Crippen LogP contribution in [0.3, 0.4) is 0 Å². The van der Waals surface area contributed by atoms with Crippen LogP contribution in [0.15, 0.2) is 143 Å². The number of hydrogen-bond donors (Lipinski definition) is 3. The number of anilines is 2. The maximum Gasteiger partial charge on any atom is 0.272 e. The Balaban J connectivity index is 1.24. The number of halogens is 1. The van der Waals surface area contributed by atoms with Gasteiger partial charge >= 0.3 is 0 Å². The molecule has 0 spiro atoms. The second-order valence-corrected chi connectivity index (χ2v) is 13.9. The van der Waals surface area contributed by atoms with Gasteiger partial charge in [0.25, 0.3) is 11.8 Å². The monoisotopic (exact) mass is 760 g/mol. The van der Waals surface area contributed by atoms with Gasteiger partial charge in [0.2, 0.25) is 5.91 Å². The number of nitrogens with zero attached hydrogens (tertiary/aromatic N) is 1. The summed E-state index contributed by atoms with van der Waals surface area (Å²) < 4.78 is 11.0. The number of methoxy groups -OCH3 is 2. The minimum absolute atomic E-state index is 0.0218. The van der Waals surface area contributed by atoms with E-state index in [4.69, 9.17) is 21.1 Å². The molecular formula is C41H33ClN4O5S2. The number of carbonyl (C=O) groups excluding carboxylic acids is 3. The van der Waals surface area contributed by atoms with Gasteiger partial charge in [0, 0.05) is 37.7 Å². The molecule has 0 fully saturated rings. The third-order valence-electron chi connectivity index (χ3n) is 7.82. The fourth-order valence-electron chi connectivity index (χ4n) is 5.26. The largest absolute Gasteiger partial charge is 0.493 e. The molecule has 0 bridgehead atoms. The van der Waals surface area contributed by atoms with Crippen LogP contribution < -0.4 is 25.4 Å². The number of thioether (sulfide) groups is 1. The number of amides is 3. The summed E-state index contributed by atoms with van der Waals surface area (Å²) in [4.78, 5) is 46.3. The number of aromatic nitrogens is 1. The smallest absolute Gasteiger partial charge is 0.272 e. The van der Waals surface area contributed by atoms with E-state index in [-0.39, 0.29) is 11.6 Å². The zero-order chi connectivity index (χ0) is 37.2. The van der Waals surface area contributed by atoms with Gasteiger partial charge in [0.05, 0.1) is 19.9 Å². The molecule has 0 saturated heterocycles. The van der Waals surface area contributed by atoms with Gasteiger partial charge in [-0.2, -0.15) is 0 Å². The average molecular weight is 761 g/mol. The molecular weight excluding hydrogens is 728 g/mol. The molecule has 1 heterocycles. The van der Waals surface area contributed by atoms with Crippen LogP contribution in [0.2, 0.25) is 5.02 Å². The lowest BCUT2D eigenvalue weighted by Crippen LogP contribution is -2.30.